The van der Waals surface area contributed by atoms with Gasteiger partial charge in [-0.15, -0.1) is 0 Å². The molecule has 0 saturated heterocycles. The number of hydrogen-bond donors (Lipinski definition) is 1. The van der Waals surface area contributed by atoms with Crippen molar-refractivity contribution in [3.63, 3.8) is 0 Å². The topological polar surface area (TPSA) is 69.3 Å². The van der Waals surface area contributed by atoms with Gasteiger partial charge in [0.2, 0.25) is 12.7 Å². The second-order valence-electron chi connectivity index (χ2n) is 6.34. The monoisotopic (exact) mass is 386 g/mol. The number of carbonyl (C=O) groups excluding carboxylic acids is 1. The van der Waals surface area contributed by atoms with Crippen LogP contribution in [0.3, 0.4) is 0 Å². The Bertz CT molecular complexity index is 824. The first-order valence-electron chi connectivity index (χ1n) is 9.34. The lowest BCUT2D eigenvalue weighted by Gasteiger charge is -2.21. The molecule has 0 atom stereocenters. The predicted octanol–water partition coefficient (Wildman–Crippen LogP) is 3.28. The fourth-order valence-electron chi connectivity index (χ4n) is 3.00. The van der Waals surface area contributed by atoms with Gasteiger partial charge in [0.25, 0.3) is 0 Å². The lowest BCUT2D eigenvalue weighted by atomic mass is 10.2. The van der Waals surface area contributed by atoms with E-state index in [9.17, 15) is 4.79 Å². The molecular weight excluding hydrogens is 360 g/mol. The fraction of sp³-hybridized carbons (Fsp3) is 0.381. The van der Waals surface area contributed by atoms with Gasteiger partial charge in [-0.1, -0.05) is 13.0 Å². The van der Waals surface area contributed by atoms with Crippen LogP contribution >= 0.6 is 0 Å². The molecule has 1 aliphatic heterocycles. The maximum Gasteiger partial charge on any atom is 0.238 e. The van der Waals surface area contributed by atoms with Gasteiger partial charge in [0.05, 0.1) is 20.3 Å². The summed E-state index contributed by atoms with van der Waals surface area (Å²) in [5.41, 5.74) is 1.74. The summed E-state index contributed by atoms with van der Waals surface area (Å²) in [7, 11) is 1.62. The number of nitrogens with zero attached hydrogens (tertiary/aromatic N) is 1. The molecule has 7 heteroatoms. The van der Waals surface area contributed by atoms with Crippen LogP contribution in [-0.4, -0.2) is 44.4 Å². The van der Waals surface area contributed by atoms with Crippen LogP contribution < -0.4 is 24.3 Å². The Morgan fingerprint density at radius 3 is 2.68 bits per heavy atom. The molecule has 0 fully saturated rings. The van der Waals surface area contributed by atoms with E-state index >= 15 is 0 Å². The van der Waals surface area contributed by atoms with E-state index in [2.05, 4.69) is 10.2 Å². The first-order valence-corrected chi connectivity index (χ1v) is 9.34. The molecule has 1 aliphatic rings. The summed E-state index contributed by atoms with van der Waals surface area (Å²) >= 11 is 0. The molecule has 0 spiro atoms. The Hall–Kier alpha value is -2.93. The molecule has 1 amide bonds. The number of methoxy groups -OCH3 is 1. The van der Waals surface area contributed by atoms with Crippen LogP contribution in [0.1, 0.15) is 19.4 Å². The molecule has 2 aromatic rings. The van der Waals surface area contributed by atoms with Crippen molar-refractivity contribution in [3.8, 4) is 23.0 Å². The van der Waals surface area contributed by atoms with Crippen LogP contribution in [0.5, 0.6) is 23.0 Å². The van der Waals surface area contributed by atoms with E-state index in [-0.39, 0.29) is 19.2 Å². The van der Waals surface area contributed by atoms with Gasteiger partial charge in [0.15, 0.2) is 23.0 Å². The van der Waals surface area contributed by atoms with E-state index in [4.69, 9.17) is 18.9 Å². The number of carbonyl (C=O) groups is 1. The molecule has 0 aliphatic carbocycles. The summed E-state index contributed by atoms with van der Waals surface area (Å²) in [4.78, 5) is 14.5. The Morgan fingerprint density at radius 1 is 1.11 bits per heavy atom. The highest BCUT2D eigenvalue weighted by Crippen LogP contribution is 2.34. The summed E-state index contributed by atoms with van der Waals surface area (Å²) in [5.74, 6) is 2.67. The highest BCUT2D eigenvalue weighted by Gasteiger charge is 2.16. The van der Waals surface area contributed by atoms with Crippen molar-refractivity contribution >= 4 is 11.6 Å². The van der Waals surface area contributed by atoms with Crippen LogP contribution in [0.15, 0.2) is 36.4 Å². The van der Waals surface area contributed by atoms with Gasteiger partial charge in [0, 0.05) is 18.3 Å². The van der Waals surface area contributed by atoms with Gasteiger partial charge in [0.1, 0.15) is 0 Å². The van der Waals surface area contributed by atoms with Gasteiger partial charge < -0.3 is 24.3 Å². The van der Waals surface area contributed by atoms with E-state index in [1.807, 2.05) is 32.0 Å². The molecule has 0 unspecified atom stereocenters. The van der Waals surface area contributed by atoms with Crippen molar-refractivity contribution in [1.29, 1.82) is 0 Å². The van der Waals surface area contributed by atoms with Crippen molar-refractivity contribution in [1.82, 2.24) is 4.90 Å². The Balaban J connectivity index is 1.60. The van der Waals surface area contributed by atoms with Gasteiger partial charge in [-0.3, -0.25) is 9.69 Å². The van der Waals surface area contributed by atoms with Crippen molar-refractivity contribution in [2.75, 3.05) is 38.9 Å². The highest BCUT2D eigenvalue weighted by atomic mass is 16.7. The fourth-order valence-corrected chi connectivity index (χ4v) is 3.00. The van der Waals surface area contributed by atoms with E-state index in [1.54, 1.807) is 25.3 Å². The second kappa shape index (κ2) is 9.32. The lowest BCUT2D eigenvalue weighted by molar-refractivity contribution is -0.117. The van der Waals surface area contributed by atoms with Crippen molar-refractivity contribution in [2.24, 2.45) is 0 Å². The molecule has 3 rings (SSSR count). The van der Waals surface area contributed by atoms with Gasteiger partial charge in [-0.2, -0.15) is 0 Å². The quantitative estimate of drug-likeness (QED) is 0.713. The first kappa shape index (κ1) is 19.8. The maximum atomic E-state index is 12.5. The molecular formula is C21H26N2O5. The van der Waals surface area contributed by atoms with E-state index < -0.39 is 0 Å². The number of benzene rings is 2. The zero-order valence-corrected chi connectivity index (χ0v) is 16.5. The normalized spacial score (nSPS) is 12.1. The third-order valence-corrected chi connectivity index (χ3v) is 4.40. The third kappa shape index (κ3) is 4.86. The molecule has 150 valence electrons. The number of rotatable bonds is 9. The van der Waals surface area contributed by atoms with Crippen LogP contribution in [0, 0.1) is 0 Å². The smallest absolute Gasteiger partial charge is 0.238 e. The molecule has 0 radical (unpaired) electrons. The van der Waals surface area contributed by atoms with Gasteiger partial charge >= 0.3 is 0 Å². The number of likely N-dealkylation sites (N-methyl/N-ethyl adjacent to an activating group) is 1. The van der Waals surface area contributed by atoms with Crippen molar-refractivity contribution in [3.05, 3.63) is 42.0 Å². The summed E-state index contributed by atoms with van der Waals surface area (Å²) in [5, 5.41) is 2.91. The van der Waals surface area contributed by atoms with Crippen molar-refractivity contribution in [2.45, 2.75) is 20.4 Å². The van der Waals surface area contributed by atoms with Crippen LogP contribution in [-0.2, 0) is 11.3 Å². The SMILES string of the molecule is CCOc1ccc(CN(CC)CC(=O)Nc2ccc3c(c2)OCO3)cc1OC. The Morgan fingerprint density at radius 2 is 1.93 bits per heavy atom. The van der Waals surface area contributed by atoms with Crippen LogP contribution in [0.25, 0.3) is 0 Å². The lowest BCUT2D eigenvalue weighted by Crippen LogP contribution is -2.32. The summed E-state index contributed by atoms with van der Waals surface area (Å²) in [6, 6.07) is 11.2. The molecule has 2 aromatic carbocycles. The maximum absolute atomic E-state index is 12.5. The van der Waals surface area contributed by atoms with E-state index in [0.29, 0.717) is 36.1 Å². The third-order valence-electron chi connectivity index (χ3n) is 4.40. The van der Waals surface area contributed by atoms with E-state index in [1.165, 1.54) is 0 Å². The molecule has 1 heterocycles. The summed E-state index contributed by atoms with van der Waals surface area (Å²) in [6.07, 6.45) is 0. The van der Waals surface area contributed by atoms with Crippen molar-refractivity contribution < 1.29 is 23.7 Å². The zero-order valence-electron chi connectivity index (χ0n) is 16.5. The number of anilines is 1. The minimum Gasteiger partial charge on any atom is -0.493 e. The zero-order chi connectivity index (χ0) is 19.9. The number of fused-ring (bicyclic) bond motifs is 1. The standard InChI is InChI=1S/C21H26N2O5/c1-4-23(12-15-6-8-17(26-5-2)19(10-15)25-3)13-21(24)22-16-7-9-18-20(11-16)28-14-27-18/h6-11H,4-5,12-14H2,1-3H3,(H,22,24). The second-order valence-corrected chi connectivity index (χ2v) is 6.34. The average molecular weight is 386 g/mol. The van der Waals surface area contributed by atoms with Crippen LogP contribution in [0.2, 0.25) is 0 Å². The first-order chi connectivity index (χ1) is 13.6. The predicted molar refractivity (Wildman–Crippen MR) is 106 cm³/mol. The largest absolute Gasteiger partial charge is 0.493 e. The molecule has 7 nitrogen and oxygen atoms in total. The molecule has 28 heavy (non-hydrogen) atoms. The van der Waals surface area contributed by atoms with Crippen LogP contribution in [0.4, 0.5) is 5.69 Å². The number of nitrogens with one attached hydrogen (secondary N) is 1. The Labute approximate surface area is 165 Å². The highest BCUT2D eigenvalue weighted by molar-refractivity contribution is 5.92. The minimum absolute atomic E-state index is 0.0846. The molecule has 0 saturated carbocycles. The van der Waals surface area contributed by atoms with E-state index in [0.717, 1.165) is 17.9 Å². The Kier molecular flexibility index (Phi) is 6.60. The molecule has 1 N–H and O–H groups in total. The number of amides is 1. The summed E-state index contributed by atoms with van der Waals surface area (Å²) < 4.78 is 21.6. The number of ether oxygens (including phenoxy) is 4. The van der Waals surface area contributed by atoms with Gasteiger partial charge in [-0.05, 0) is 43.3 Å². The summed E-state index contributed by atoms with van der Waals surface area (Å²) in [6.45, 7) is 6.40. The molecule has 0 aromatic heterocycles. The van der Waals surface area contributed by atoms with Gasteiger partial charge in [-0.25, -0.2) is 0 Å². The minimum atomic E-state index is -0.0846. The number of hydrogen-bond acceptors (Lipinski definition) is 6. The molecule has 0 bridgehead atoms. The average Bonchev–Trinajstić information content (AvgIpc) is 3.16.